The molecular weight excluding hydrogens is 308 g/mol. The monoisotopic (exact) mass is 315 g/mol. The zero-order chi connectivity index (χ0) is 14.7. The fourth-order valence-electron chi connectivity index (χ4n) is 1.60. The second kappa shape index (κ2) is 6.07. The van der Waals surface area contributed by atoms with E-state index < -0.39 is 10.7 Å². The van der Waals surface area contributed by atoms with Crippen LogP contribution in [-0.4, -0.2) is 4.92 Å². The van der Waals surface area contributed by atoms with Gasteiger partial charge in [0, 0.05) is 23.0 Å². The van der Waals surface area contributed by atoms with Crippen LogP contribution in [0, 0.1) is 15.9 Å². The smallest absolute Gasteiger partial charge is 0.313 e. The number of ether oxygens (including phenoxy) is 1. The van der Waals surface area contributed by atoms with Crippen LogP contribution in [0.1, 0.15) is 5.56 Å². The standard InChI is InChI=1S/C13H8Cl2FNO3/c14-7-8-3-10(16)6-11(4-8)20-13-2-1-9(15)5-12(13)17(18)19/h1-6H,7H2. The molecule has 2 aromatic rings. The van der Waals surface area contributed by atoms with Crippen molar-refractivity contribution in [2.24, 2.45) is 0 Å². The summed E-state index contributed by atoms with van der Waals surface area (Å²) < 4.78 is 18.7. The summed E-state index contributed by atoms with van der Waals surface area (Å²) in [5.74, 6) is -0.317. The Morgan fingerprint density at radius 3 is 2.65 bits per heavy atom. The fraction of sp³-hybridized carbons (Fsp3) is 0.0769. The van der Waals surface area contributed by atoms with Crippen LogP contribution in [0.3, 0.4) is 0 Å². The Labute approximate surface area is 123 Å². The van der Waals surface area contributed by atoms with Crippen molar-refractivity contribution in [3.05, 3.63) is 62.9 Å². The minimum absolute atomic E-state index is 0.0227. The van der Waals surface area contributed by atoms with E-state index in [4.69, 9.17) is 27.9 Å². The lowest BCUT2D eigenvalue weighted by molar-refractivity contribution is -0.385. The van der Waals surface area contributed by atoms with Crippen LogP contribution in [-0.2, 0) is 5.88 Å². The van der Waals surface area contributed by atoms with E-state index >= 15 is 0 Å². The molecule has 0 heterocycles. The third kappa shape index (κ3) is 3.37. The first-order valence-electron chi connectivity index (χ1n) is 5.47. The minimum atomic E-state index is -0.622. The molecule has 0 N–H and O–H groups in total. The molecule has 20 heavy (non-hydrogen) atoms. The predicted octanol–water partition coefficient (Wildman–Crippen LogP) is 4.92. The lowest BCUT2D eigenvalue weighted by Gasteiger charge is -2.08. The number of benzene rings is 2. The van der Waals surface area contributed by atoms with E-state index in [2.05, 4.69) is 0 Å². The van der Waals surface area contributed by atoms with Crippen LogP contribution in [0.15, 0.2) is 36.4 Å². The van der Waals surface area contributed by atoms with E-state index in [1.807, 2.05) is 0 Å². The zero-order valence-electron chi connectivity index (χ0n) is 9.98. The Hall–Kier alpha value is -1.85. The van der Waals surface area contributed by atoms with Gasteiger partial charge in [0.25, 0.3) is 0 Å². The number of nitrogens with zero attached hydrogens (tertiary/aromatic N) is 1. The van der Waals surface area contributed by atoms with Crippen LogP contribution in [0.5, 0.6) is 11.5 Å². The van der Waals surface area contributed by atoms with E-state index in [1.54, 1.807) is 0 Å². The normalized spacial score (nSPS) is 10.3. The van der Waals surface area contributed by atoms with Gasteiger partial charge in [0.2, 0.25) is 5.75 Å². The largest absolute Gasteiger partial charge is 0.450 e. The molecule has 0 spiro atoms. The molecule has 0 atom stereocenters. The molecule has 4 nitrogen and oxygen atoms in total. The van der Waals surface area contributed by atoms with E-state index in [0.717, 1.165) is 6.07 Å². The summed E-state index contributed by atoms with van der Waals surface area (Å²) in [6.45, 7) is 0. The highest BCUT2D eigenvalue weighted by molar-refractivity contribution is 6.30. The molecule has 0 aliphatic rings. The molecule has 2 rings (SSSR count). The molecular formula is C13H8Cl2FNO3. The second-order valence-electron chi connectivity index (χ2n) is 3.90. The first kappa shape index (κ1) is 14.6. The number of alkyl halides is 1. The maximum absolute atomic E-state index is 13.3. The molecule has 0 amide bonds. The van der Waals surface area contributed by atoms with Crippen LogP contribution in [0.4, 0.5) is 10.1 Å². The third-order valence-electron chi connectivity index (χ3n) is 2.43. The van der Waals surface area contributed by atoms with Gasteiger partial charge in [-0.2, -0.15) is 0 Å². The second-order valence-corrected chi connectivity index (χ2v) is 4.60. The summed E-state index contributed by atoms with van der Waals surface area (Å²) in [4.78, 5) is 10.3. The van der Waals surface area contributed by atoms with E-state index in [-0.39, 0.29) is 28.1 Å². The van der Waals surface area contributed by atoms with Gasteiger partial charge in [0.15, 0.2) is 0 Å². The molecule has 104 valence electrons. The summed E-state index contributed by atoms with van der Waals surface area (Å²) in [5.41, 5.74) is 0.215. The van der Waals surface area contributed by atoms with Crippen LogP contribution in [0.2, 0.25) is 5.02 Å². The van der Waals surface area contributed by atoms with Crippen molar-refractivity contribution in [3.8, 4) is 11.5 Å². The third-order valence-corrected chi connectivity index (χ3v) is 2.97. The maximum Gasteiger partial charge on any atom is 0.313 e. The number of halogens is 3. The van der Waals surface area contributed by atoms with Crippen molar-refractivity contribution in [2.75, 3.05) is 0 Å². The topological polar surface area (TPSA) is 52.4 Å². The molecule has 0 saturated heterocycles. The number of hydrogen-bond acceptors (Lipinski definition) is 3. The van der Waals surface area contributed by atoms with E-state index in [1.165, 1.54) is 30.3 Å². The quantitative estimate of drug-likeness (QED) is 0.457. The molecule has 2 aromatic carbocycles. The van der Waals surface area contributed by atoms with Crippen molar-refractivity contribution in [3.63, 3.8) is 0 Å². The van der Waals surface area contributed by atoms with Crippen molar-refractivity contribution < 1.29 is 14.1 Å². The van der Waals surface area contributed by atoms with Crippen molar-refractivity contribution >= 4 is 28.9 Å². The average Bonchev–Trinajstić information content (AvgIpc) is 2.40. The Morgan fingerprint density at radius 2 is 2.00 bits per heavy atom. The lowest BCUT2D eigenvalue weighted by atomic mass is 10.2. The highest BCUT2D eigenvalue weighted by Gasteiger charge is 2.17. The maximum atomic E-state index is 13.3. The SMILES string of the molecule is O=[N+]([O-])c1cc(Cl)ccc1Oc1cc(F)cc(CCl)c1. The number of rotatable bonds is 4. The van der Waals surface area contributed by atoms with Gasteiger partial charge in [-0.3, -0.25) is 10.1 Å². The Morgan fingerprint density at radius 1 is 1.25 bits per heavy atom. The summed E-state index contributed by atoms with van der Waals surface area (Å²) >= 11 is 11.3. The van der Waals surface area contributed by atoms with Crippen molar-refractivity contribution in [1.82, 2.24) is 0 Å². The molecule has 0 aliphatic carbocycles. The van der Waals surface area contributed by atoms with Gasteiger partial charge in [0.1, 0.15) is 11.6 Å². The predicted molar refractivity (Wildman–Crippen MR) is 74.1 cm³/mol. The summed E-state index contributed by atoms with van der Waals surface area (Å²) in [7, 11) is 0. The van der Waals surface area contributed by atoms with Gasteiger partial charge in [-0.25, -0.2) is 4.39 Å². The zero-order valence-corrected chi connectivity index (χ0v) is 11.5. The highest BCUT2D eigenvalue weighted by atomic mass is 35.5. The first-order chi connectivity index (χ1) is 9.49. The van der Waals surface area contributed by atoms with Gasteiger partial charge in [-0.1, -0.05) is 11.6 Å². The molecule has 0 bridgehead atoms. The van der Waals surface area contributed by atoms with E-state index in [0.29, 0.717) is 5.56 Å². The Bertz CT molecular complexity index is 664. The Balaban J connectivity index is 2.39. The number of nitro benzene ring substituents is 1. The van der Waals surface area contributed by atoms with Crippen LogP contribution in [0.25, 0.3) is 0 Å². The molecule has 0 saturated carbocycles. The molecule has 0 radical (unpaired) electrons. The Kier molecular flexibility index (Phi) is 4.42. The minimum Gasteiger partial charge on any atom is -0.450 e. The summed E-state index contributed by atoms with van der Waals surface area (Å²) in [5, 5.41) is 11.1. The van der Waals surface area contributed by atoms with Crippen molar-refractivity contribution in [1.29, 1.82) is 0 Å². The summed E-state index contributed by atoms with van der Waals surface area (Å²) in [6.07, 6.45) is 0. The molecule has 0 unspecified atom stereocenters. The molecule has 0 aromatic heterocycles. The van der Waals surface area contributed by atoms with Crippen LogP contribution < -0.4 is 4.74 Å². The fourth-order valence-corrected chi connectivity index (χ4v) is 1.92. The van der Waals surface area contributed by atoms with Crippen LogP contribution >= 0.6 is 23.2 Å². The van der Waals surface area contributed by atoms with Gasteiger partial charge in [-0.05, 0) is 29.8 Å². The highest BCUT2D eigenvalue weighted by Crippen LogP contribution is 2.34. The van der Waals surface area contributed by atoms with Gasteiger partial charge >= 0.3 is 5.69 Å². The first-order valence-corrected chi connectivity index (χ1v) is 6.38. The number of nitro groups is 1. The average molecular weight is 316 g/mol. The van der Waals surface area contributed by atoms with Gasteiger partial charge in [0.05, 0.1) is 4.92 Å². The molecule has 0 aliphatic heterocycles. The van der Waals surface area contributed by atoms with Gasteiger partial charge in [-0.15, -0.1) is 11.6 Å². The summed E-state index contributed by atoms with van der Waals surface area (Å²) in [6, 6.07) is 7.86. The molecule has 7 heteroatoms. The molecule has 0 fully saturated rings. The number of hydrogen-bond donors (Lipinski definition) is 0. The van der Waals surface area contributed by atoms with Gasteiger partial charge < -0.3 is 4.74 Å². The van der Waals surface area contributed by atoms with Crippen molar-refractivity contribution in [2.45, 2.75) is 5.88 Å². The van der Waals surface area contributed by atoms with E-state index in [9.17, 15) is 14.5 Å². The lowest BCUT2D eigenvalue weighted by Crippen LogP contribution is -1.94.